The zero-order chi connectivity index (χ0) is 11.0. The van der Waals surface area contributed by atoms with Crippen molar-refractivity contribution < 1.29 is 4.74 Å². The Morgan fingerprint density at radius 1 is 0.812 bits per heavy atom. The second kappa shape index (κ2) is 4.04. The second-order valence-electron chi connectivity index (χ2n) is 3.91. The van der Waals surface area contributed by atoms with Gasteiger partial charge in [0.2, 0.25) is 0 Å². The van der Waals surface area contributed by atoms with Crippen LogP contribution < -0.4 is 0 Å². The van der Waals surface area contributed by atoms with Crippen LogP contribution in [-0.4, -0.2) is 0 Å². The van der Waals surface area contributed by atoms with Crippen LogP contribution in [0.5, 0.6) is 0 Å². The van der Waals surface area contributed by atoms with Crippen molar-refractivity contribution in [2.45, 2.75) is 12.2 Å². The van der Waals surface area contributed by atoms with Gasteiger partial charge in [0.1, 0.15) is 12.2 Å². The van der Waals surface area contributed by atoms with Gasteiger partial charge in [-0.1, -0.05) is 64.5 Å². The van der Waals surface area contributed by atoms with E-state index in [1.165, 1.54) is 11.1 Å². The Labute approximate surface area is 103 Å². The van der Waals surface area contributed by atoms with E-state index in [0.717, 1.165) is 4.47 Å². The minimum atomic E-state index is 0.206. The van der Waals surface area contributed by atoms with E-state index >= 15 is 0 Å². The first-order chi connectivity index (χ1) is 7.86. The first kappa shape index (κ1) is 10.1. The third-order valence-corrected chi connectivity index (χ3v) is 3.55. The van der Waals surface area contributed by atoms with E-state index in [1.54, 1.807) is 0 Å². The third kappa shape index (κ3) is 1.79. The number of epoxide rings is 1. The molecule has 0 bridgehead atoms. The van der Waals surface area contributed by atoms with Gasteiger partial charge < -0.3 is 4.74 Å². The van der Waals surface area contributed by atoms with Gasteiger partial charge in [0.15, 0.2) is 0 Å². The molecule has 16 heavy (non-hydrogen) atoms. The highest BCUT2D eigenvalue weighted by atomic mass is 79.9. The van der Waals surface area contributed by atoms with E-state index in [-0.39, 0.29) is 12.2 Å². The van der Waals surface area contributed by atoms with Gasteiger partial charge in [0, 0.05) is 4.47 Å². The fraction of sp³-hybridized carbons (Fsp3) is 0.143. The molecule has 0 aromatic heterocycles. The SMILES string of the molecule is Brc1ccccc1C1OC1c1ccccc1. The van der Waals surface area contributed by atoms with E-state index in [0.29, 0.717) is 0 Å². The van der Waals surface area contributed by atoms with Crippen molar-refractivity contribution in [3.63, 3.8) is 0 Å². The molecular weight excluding hydrogens is 264 g/mol. The van der Waals surface area contributed by atoms with Crippen molar-refractivity contribution in [2.75, 3.05) is 0 Å². The molecule has 2 aromatic rings. The Morgan fingerprint density at radius 2 is 1.50 bits per heavy atom. The van der Waals surface area contributed by atoms with Crippen molar-refractivity contribution in [3.8, 4) is 0 Å². The molecule has 0 aliphatic carbocycles. The van der Waals surface area contributed by atoms with Crippen LogP contribution in [0.15, 0.2) is 59.1 Å². The van der Waals surface area contributed by atoms with Crippen LogP contribution in [0.1, 0.15) is 23.3 Å². The molecule has 1 fully saturated rings. The second-order valence-corrected chi connectivity index (χ2v) is 4.76. The van der Waals surface area contributed by atoms with Gasteiger partial charge >= 0.3 is 0 Å². The maximum atomic E-state index is 5.74. The van der Waals surface area contributed by atoms with Crippen LogP contribution in [-0.2, 0) is 4.74 Å². The van der Waals surface area contributed by atoms with Gasteiger partial charge in [-0.3, -0.25) is 0 Å². The summed E-state index contributed by atoms with van der Waals surface area (Å²) in [5, 5.41) is 0. The molecule has 0 spiro atoms. The lowest BCUT2D eigenvalue weighted by Gasteiger charge is -1.99. The summed E-state index contributed by atoms with van der Waals surface area (Å²) in [5.74, 6) is 0. The highest BCUT2D eigenvalue weighted by Gasteiger charge is 2.42. The molecule has 80 valence electrons. The standard InChI is InChI=1S/C14H11BrO/c15-12-9-5-4-8-11(12)14-13(16-14)10-6-2-1-3-7-10/h1-9,13-14H. The summed E-state index contributed by atoms with van der Waals surface area (Å²) < 4.78 is 6.86. The molecule has 1 nitrogen and oxygen atoms in total. The summed E-state index contributed by atoms with van der Waals surface area (Å²) in [6, 6.07) is 18.6. The Kier molecular flexibility index (Phi) is 2.54. The summed E-state index contributed by atoms with van der Waals surface area (Å²) >= 11 is 3.56. The molecule has 0 N–H and O–H groups in total. The topological polar surface area (TPSA) is 12.5 Å². The number of rotatable bonds is 2. The van der Waals surface area contributed by atoms with Crippen LogP contribution in [0, 0.1) is 0 Å². The fourth-order valence-electron chi connectivity index (χ4n) is 1.95. The van der Waals surface area contributed by atoms with Gasteiger partial charge in [-0.15, -0.1) is 0 Å². The number of benzene rings is 2. The first-order valence-corrected chi connectivity index (χ1v) is 6.10. The quantitative estimate of drug-likeness (QED) is 0.746. The molecule has 2 atom stereocenters. The molecule has 0 saturated carbocycles. The van der Waals surface area contributed by atoms with Crippen LogP contribution in [0.2, 0.25) is 0 Å². The predicted octanol–water partition coefficient (Wildman–Crippen LogP) is 4.26. The van der Waals surface area contributed by atoms with Crippen LogP contribution in [0.4, 0.5) is 0 Å². The predicted molar refractivity (Wildman–Crippen MR) is 67.2 cm³/mol. The Morgan fingerprint density at radius 3 is 2.25 bits per heavy atom. The highest BCUT2D eigenvalue weighted by Crippen LogP contribution is 2.52. The third-order valence-electron chi connectivity index (χ3n) is 2.83. The molecule has 1 aliphatic rings. The van der Waals surface area contributed by atoms with E-state index in [2.05, 4.69) is 40.2 Å². The lowest BCUT2D eigenvalue weighted by molar-refractivity contribution is 0.377. The number of halogens is 1. The molecule has 2 heteroatoms. The van der Waals surface area contributed by atoms with Crippen LogP contribution in [0.25, 0.3) is 0 Å². The van der Waals surface area contributed by atoms with Crippen LogP contribution in [0.3, 0.4) is 0 Å². The molecule has 1 heterocycles. The number of ether oxygens (including phenoxy) is 1. The fourth-order valence-corrected chi connectivity index (χ4v) is 2.46. The van der Waals surface area contributed by atoms with Crippen molar-refractivity contribution in [1.82, 2.24) is 0 Å². The molecule has 1 saturated heterocycles. The highest BCUT2D eigenvalue weighted by molar-refractivity contribution is 9.10. The lowest BCUT2D eigenvalue weighted by Crippen LogP contribution is -1.85. The van der Waals surface area contributed by atoms with Gasteiger partial charge in [0.25, 0.3) is 0 Å². The van der Waals surface area contributed by atoms with E-state index in [9.17, 15) is 0 Å². The minimum absolute atomic E-state index is 0.206. The molecule has 2 aromatic carbocycles. The average Bonchev–Trinajstić information content (AvgIpc) is 3.11. The summed E-state index contributed by atoms with van der Waals surface area (Å²) in [6.45, 7) is 0. The Bertz CT molecular complexity index is 495. The monoisotopic (exact) mass is 274 g/mol. The smallest absolute Gasteiger partial charge is 0.115 e. The largest absolute Gasteiger partial charge is 0.359 e. The molecule has 1 aliphatic heterocycles. The molecule has 3 rings (SSSR count). The maximum absolute atomic E-state index is 5.74. The van der Waals surface area contributed by atoms with Gasteiger partial charge in [-0.2, -0.15) is 0 Å². The molecular formula is C14H11BrO. The zero-order valence-electron chi connectivity index (χ0n) is 8.64. The van der Waals surface area contributed by atoms with Crippen LogP contribution >= 0.6 is 15.9 Å². The lowest BCUT2D eigenvalue weighted by atomic mass is 10.0. The summed E-state index contributed by atoms with van der Waals surface area (Å²) in [7, 11) is 0. The first-order valence-electron chi connectivity index (χ1n) is 5.31. The Hall–Kier alpha value is -1.12. The molecule has 2 unspecified atom stereocenters. The zero-order valence-corrected chi connectivity index (χ0v) is 10.2. The minimum Gasteiger partial charge on any atom is -0.359 e. The number of hydrogen-bond donors (Lipinski definition) is 0. The molecule has 0 radical (unpaired) electrons. The van der Waals surface area contributed by atoms with Gasteiger partial charge in [-0.05, 0) is 17.2 Å². The van der Waals surface area contributed by atoms with E-state index in [4.69, 9.17) is 4.74 Å². The summed E-state index contributed by atoms with van der Waals surface area (Å²) in [6.07, 6.45) is 0.429. The summed E-state index contributed by atoms with van der Waals surface area (Å²) in [4.78, 5) is 0. The van der Waals surface area contributed by atoms with Gasteiger partial charge in [0.05, 0.1) is 0 Å². The normalized spacial score (nSPS) is 23.1. The van der Waals surface area contributed by atoms with Gasteiger partial charge in [-0.25, -0.2) is 0 Å². The Balaban J connectivity index is 1.85. The van der Waals surface area contributed by atoms with Crippen molar-refractivity contribution in [1.29, 1.82) is 0 Å². The summed E-state index contributed by atoms with van der Waals surface area (Å²) in [5.41, 5.74) is 2.49. The molecule has 0 amide bonds. The average molecular weight is 275 g/mol. The maximum Gasteiger partial charge on any atom is 0.115 e. The van der Waals surface area contributed by atoms with Crippen molar-refractivity contribution in [2.24, 2.45) is 0 Å². The van der Waals surface area contributed by atoms with Crippen molar-refractivity contribution in [3.05, 3.63) is 70.2 Å². The van der Waals surface area contributed by atoms with E-state index < -0.39 is 0 Å². The van der Waals surface area contributed by atoms with E-state index in [1.807, 2.05) is 30.3 Å². The number of hydrogen-bond acceptors (Lipinski definition) is 1. The van der Waals surface area contributed by atoms with Crippen molar-refractivity contribution >= 4 is 15.9 Å².